The lowest BCUT2D eigenvalue weighted by Gasteiger charge is -2.10. The maximum Gasteiger partial charge on any atom is 0.255 e. The zero-order valence-electron chi connectivity index (χ0n) is 14.0. The number of hydrogen-bond acceptors (Lipinski definition) is 3. The zero-order chi connectivity index (χ0) is 18.1. The molecule has 0 atom stereocenters. The Balaban J connectivity index is 1.65. The van der Waals surface area contributed by atoms with Gasteiger partial charge in [0.15, 0.2) is 0 Å². The maximum atomic E-state index is 12.5. The van der Waals surface area contributed by atoms with Crippen LogP contribution in [0, 0.1) is 6.92 Å². The van der Waals surface area contributed by atoms with Crippen LogP contribution in [-0.4, -0.2) is 20.3 Å². The van der Waals surface area contributed by atoms with Gasteiger partial charge >= 0.3 is 0 Å². The van der Waals surface area contributed by atoms with E-state index in [-0.39, 0.29) is 5.91 Å². The van der Waals surface area contributed by atoms with Crippen molar-refractivity contribution in [1.82, 2.24) is 14.4 Å². The highest BCUT2D eigenvalue weighted by atomic mass is 79.9. The first kappa shape index (κ1) is 16.5. The van der Waals surface area contributed by atoms with E-state index in [2.05, 4.69) is 31.2 Å². The fourth-order valence-corrected chi connectivity index (χ4v) is 2.95. The lowest BCUT2D eigenvalue weighted by molar-refractivity contribution is 0.102. The third kappa shape index (κ3) is 3.23. The van der Waals surface area contributed by atoms with Gasteiger partial charge in [-0.3, -0.25) is 9.20 Å². The maximum absolute atomic E-state index is 12.5. The molecule has 1 amide bonds. The molecule has 4 rings (SSSR count). The van der Waals surface area contributed by atoms with Crippen LogP contribution in [0.15, 0.2) is 71.6 Å². The summed E-state index contributed by atoms with van der Waals surface area (Å²) >= 11 is 3.38. The van der Waals surface area contributed by atoms with Crippen molar-refractivity contribution in [1.29, 1.82) is 0 Å². The van der Waals surface area contributed by atoms with E-state index in [0.29, 0.717) is 11.3 Å². The zero-order valence-corrected chi connectivity index (χ0v) is 15.6. The van der Waals surface area contributed by atoms with Gasteiger partial charge in [0.1, 0.15) is 0 Å². The lowest BCUT2D eigenvalue weighted by Crippen LogP contribution is -2.12. The number of aryl methyl sites for hydroxylation is 1. The Hall–Kier alpha value is -2.99. The lowest BCUT2D eigenvalue weighted by atomic mass is 10.1. The number of imidazole rings is 1. The van der Waals surface area contributed by atoms with E-state index in [1.165, 1.54) is 0 Å². The molecule has 0 unspecified atom stereocenters. The van der Waals surface area contributed by atoms with Gasteiger partial charge in [-0.15, -0.1) is 0 Å². The van der Waals surface area contributed by atoms with Crippen molar-refractivity contribution < 1.29 is 4.79 Å². The number of carbonyl (C=O) groups is 1. The standard InChI is InChI=1S/C20H15BrN4O/c1-13-3-4-15(18-12-25-10-2-9-22-20(25)24-18)11-17(13)23-19(26)14-5-7-16(21)8-6-14/h2-12H,1H3,(H,23,26). The predicted molar refractivity (Wildman–Crippen MR) is 105 cm³/mol. The molecule has 0 aliphatic carbocycles. The summed E-state index contributed by atoms with van der Waals surface area (Å²) in [5.74, 6) is 0.498. The smallest absolute Gasteiger partial charge is 0.255 e. The third-order valence-corrected chi connectivity index (χ3v) is 4.65. The minimum absolute atomic E-state index is 0.144. The van der Waals surface area contributed by atoms with Gasteiger partial charge in [-0.1, -0.05) is 28.1 Å². The topological polar surface area (TPSA) is 59.3 Å². The van der Waals surface area contributed by atoms with Gasteiger partial charge < -0.3 is 5.32 Å². The normalized spacial score (nSPS) is 10.8. The number of halogens is 1. The van der Waals surface area contributed by atoms with Crippen molar-refractivity contribution in [3.8, 4) is 11.3 Å². The number of benzene rings is 2. The highest BCUT2D eigenvalue weighted by molar-refractivity contribution is 9.10. The molecule has 128 valence electrons. The number of nitrogens with one attached hydrogen (secondary N) is 1. The Kier molecular flexibility index (Phi) is 4.26. The van der Waals surface area contributed by atoms with Gasteiger partial charge in [-0.05, 0) is 48.9 Å². The quantitative estimate of drug-likeness (QED) is 0.535. The molecule has 6 heteroatoms. The van der Waals surface area contributed by atoms with E-state index in [1.807, 2.05) is 60.1 Å². The van der Waals surface area contributed by atoms with E-state index < -0.39 is 0 Å². The van der Waals surface area contributed by atoms with Gasteiger partial charge in [0.2, 0.25) is 5.78 Å². The van der Waals surface area contributed by atoms with Crippen LogP contribution in [-0.2, 0) is 0 Å². The molecule has 0 bridgehead atoms. The van der Waals surface area contributed by atoms with Crippen LogP contribution < -0.4 is 5.32 Å². The van der Waals surface area contributed by atoms with Crippen LogP contribution in [0.5, 0.6) is 0 Å². The molecule has 26 heavy (non-hydrogen) atoms. The summed E-state index contributed by atoms with van der Waals surface area (Å²) in [6.07, 6.45) is 5.54. The van der Waals surface area contributed by atoms with Crippen molar-refractivity contribution in [2.45, 2.75) is 6.92 Å². The Bertz CT molecular complexity index is 1070. The van der Waals surface area contributed by atoms with Gasteiger partial charge in [0, 0.05) is 39.9 Å². The second-order valence-corrected chi connectivity index (χ2v) is 6.86. The van der Waals surface area contributed by atoms with Crippen LogP contribution in [0.25, 0.3) is 17.0 Å². The van der Waals surface area contributed by atoms with E-state index >= 15 is 0 Å². The highest BCUT2D eigenvalue weighted by Gasteiger charge is 2.11. The summed E-state index contributed by atoms with van der Waals surface area (Å²) in [5, 5.41) is 2.99. The molecule has 0 aliphatic heterocycles. The second-order valence-electron chi connectivity index (χ2n) is 5.94. The molecule has 0 spiro atoms. The molecule has 0 saturated heterocycles. The summed E-state index contributed by atoms with van der Waals surface area (Å²) in [6, 6.07) is 15.0. The Morgan fingerprint density at radius 1 is 1.15 bits per heavy atom. The van der Waals surface area contributed by atoms with Crippen LogP contribution in [0.3, 0.4) is 0 Å². The van der Waals surface area contributed by atoms with Crippen molar-refractivity contribution in [3.05, 3.63) is 82.7 Å². The molecule has 2 aromatic carbocycles. The Morgan fingerprint density at radius 3 is 2.73 bits per heavy atom. The van der Waals surface area contributed by atoms with Crippen LogP contribution in [0.4, 0.5) is 5.69 Å². The van der Waals surface area contributed by atoms with Gasteiger partial charge in [0.05, 0.1) is 5.69 Å². The summed E-state index contributed by atoms with van der Waals surface area (Å²) in [5.41, 5.74) is 4.09. The highest BCUT2D eigenvalue weighted by Crippen LogP contribution is 2.25. The molecule has 5 nitrogen and oxygen atoms in total. The van der Waals surface area contributed by atoms with Crippen molar-refractivity contribution in [2.24, 2.45) is 0 Å². The third-order valence-electron chi connectivity index (χ3n) is 4.12. The van der Waals surface area contributed by atoms with E-state index in [1.54, 1.807) is 18.3 Å². The van der Waals surface area contributed by atoms with Crippen LogP contribution in [0.2, 0.25) is 0 Å². The molecule has 4 aromatic rings. The number of amides is 1. The first-order chi connectivity index (χ1) is 12.6. The first-order valence-electron chi connectivity index (χ1n) is 8.08. The number of anilines is 1. The molecule has 1 N–H and O–H groups in total. The number of aromatic nitrogens is 3. The molecule has 0 radical (unpaired) electrons. The average Bonchev–Trinajstić information content (AvgIpc) is 3.08. The van der Waals surface area contributed by atoms with Crippen LogP contribution >= 0.6 is 15.9 Å². The molecule has 0 saturated carbocycles. The van der Waals surface area contributed by atoms with Gasteiger partial charge in [0.25, 0.3) is 5.91 Å². The molecule has 2 aromatic heterocycles. The number of fused-ring (bicyclic) bond motifs is 1. The average molecular weight is 407 g/mol. The number of rotatable bonds is 3. The van der Waals surface area contributed by atoms with Crippen molar-refractivity contribution in [3.63, 3.8) is 0 Å². The summed E-state index contributed by atoms with van der Waals surface area (Å²) in [6.45, 7) is 1.96. The molecule has 0 fully saturated rings. The van der Waals surface area contributed by atoms with Gasteiger partial charge in [-0.25, -0.2) is 9.97 Å². The predicted octanol–water partition coefficient (Wildman–Crippen LogP) is 4.72. The SMILES string of the molecule is Cc1ccc(-c2cn3cccnc3n2)cc1NC(=O)c1ccc(Br)cc1. The van der Waals surface area contributed by atoms with Crippen LogP contribution in [0.1, 0.15) is 15.9 Å². The Labute approximate surface area is 158 Å². The Morgan fingerprint density at radius 2 is 1.96 bits per heavy atom. The monoisotopic (exact) mass is 406 g/mol. The second kappa shape index (κ2) is 6.72. The fourth-order valence-electron chi connectivity index (χ4n) is 2.68. The largest absolute Gasteiger partial charge is 0.322 e. The van der Waals surface area contributed by atoms with E-state index in [0.717, 1.165) is 27.0 Å². The summed E-state index contributed by atoms with van der Waals surface area (Å²) in [4.78, 5) is 21.3. The van der Waals surface area contributed by atoms with Gasteiger partial charge in [-0.2, -0.15) is 0 Å². The fraction of sp³-hybridized carbons (Fsp3) is 0.0500. The molecule has 0 aliphatic rings. The van der Waals surface area contributed by atoms with E-state index in [9.17, 15) is 4.79 Å². The number of hydrogen-bond donors (Lipinski definition) is 1. The first-order valence-corrected chi connectivity index (χ1v) is 8.87. The minimum atomic E-state index is -0.144. The number of carbonyl (C=O) groups excluding carboxylic acids is 1. The van der Waals surface area contributed by atoms with Crippen molar-refractivity contribution in [2.75, 3.05) is 5.32 Å². The molecule has 2 heterocycles. The summed E-state index contributed by atoms with van der Waals surface area (Å²) < 4.78 is 2.81. The molecular weight excluding hydrogens is 392 g/mol. The van der Waals surface area contributed by atoms with Crippen molar-refractivity contribution >= 4 is 33.3 Å². The summed E-state index contributed by atoms with van der Waals surface area (Å²) in [7, 11) is 0. The van der Waals surface area contributed by atoms with E-state index in [4.69, 9.17) is 0 Å². The molecular formula is C20H15BrN4O. The minimum Gasteiger partial charge on any atom is -0.322 e. The number of nitrogens with zero attached hydrogens (tertiary/aromatic N) is 3.